The molecule has 2 aromatic carbocycles. The van der Waals surface area contributed by atoms with Crippen LogP contribution < -0.4 is 19.6 Å². The van der Waals surface area contributed by atoms with Gasteiger partial charge >= 0.3 is 0 Å². The minimum absolute atomic E-state index is 0.0888. The zero-order valence-corrected chi connectivity index (χ0v) is 23.3. The Kier molecular flexibility index (Phi) is 9.17. The van der Waals surface area contributed by atoms with Crippen LogP contribution in [0, 0.1) is 0 Å². The molecular formula is C28H32O16. The lowest BCUT2D eigenvalue weighted by Crippen LogP contribution is -2.60. The second-order valence-corrected chi connectivity index (χ2v) is 10.2. The number of aliphatic hydroxyl groups excluding tert-OH is 6. The van der Waals surface area contributed by atoms with Gasteiger partial charge in [0.15, 0.2) is 23.5 Å². The number of benzene rings is 2. The van der Waals surface area contributed by atoms with Gasteiger partial charge in [0.05, 0.1) is 27.4 Å². The number of hydrogen-bond acceptors (Lipinski definition) is 16. The van der Waals surface area contributed by atoms with Gasteiger partial charge in [-0.1, -0.05) is 0 Å². The highest BCUT2D eigenvalue weighted by Gasteiger charge is 2.47. The first-order valence-electron chi connectivity index (χ1n) is 13.3. The standard InChI is InChI=1S/C28H32O16/c1-38-14-4-3-10(5-12(14)30)25-26(39-2)21(34)18-13(31)6-11(7-15(18)42-25)41-28-24(37)22(35)20(33)17(44-28)9-40-27-23(36)19(32)16(8-29)43-27/h3-7,16-17,19-20,22-24,27-33,35-37H,8-9H2,1-2H3/t16-,17+,19-,20+,22-,23+,24+,27+,28+/m0/s1. The number of aliphatic hydroxyl groups is 6. The molecule has 0 amide bonds. The molecule has 9 atom stereocenters. The maximum atomic E-state index is 13.3. The van der Waals surface area contributed by atoms with Gasteiger partial charge in [0.25, 0.3) is 0 Å². The molecule has 2 fully saturated rings. The number of phenolic OH excluding ortho intramolecular Hbond substituents is 2. The number of rotatable bonds is 9. The van der Waals surface area contributed by atoms with E-state index in [1.807, 2.05) is 0 Å². The summed E-state index contributed by atoms with van der Waals surface area (Å²) in [6.45, 7) is -1.09. The van der Waals surface area contributed by atoms with Gasteiger partial charge in [-0.15, -0.1) is 0 Å². The Balaban J connectivity index is 1.41. The van der Waals surface area contributed by atoms with Crippen LogP contribution >= 0.6 is 0 Å². The maximum absolute atomic E-state index is 13.3. The van der Waals surface area contributed by atoms with Gasteiger partial charge in [-0.2, -0.15) is 0 Å². The molecule has 3 aromatic rings. The summed E-state index contributed by atoms with van der Waals surface area (Å²) in [4.78, 5) is 13.3. The normalized spacial score (nSPS) is 30.4. The lowest BCUT2D eigenvalue weighted by atomic mass is 9.99. The summed E-state index contributed by atoms with van der Waals surface area (Å²) >= 11 is 0. The van der Waals surface area contributed by atoms with Gasteiger partial charge in [-0.3, -0.25) is 4.79 Å². The van der Waals surface area contributed by atoms with Crippen molar-refractivity contribution in [3.8, 4) is 40.1 Å². The fourth-order valence-corrected chi connectivity index (χ4v) is 5.01. The number of fused-ring (bicyclic) bond motifs is 1. The van der Waals surface area contributed by atoms with Crippen LogP contribution in [0.15, 0.2) is 39.5 Å². The molecule has 0 radical (unpaired) electrons. The van der Waals surface area contributed by atoms with Crippen LogP contribution in [0.5, 0.6) is 28.7 Å². The molecule has 0 unspecified atom stereocenters. The van der Waals surface area contributed by atoms with Gasteiger partial charge < -0.3 is 73.7 Å². The molecule has 16 nitrogen and oxygen atoms in total. The molecule has 44 heavy (non-hydrogen) atoms. The molecule has 1 aromatic heterocycles. The molecular weight excluding hydrogens is 592 g/mol. The summed E-state index contributed by atoms with van der Waals surface area (Å²) < 4.78 is 38.1. The minimum atomic E-state index is -1.80. The Morgan fingerprint density at radius 1 is 0.795 bits per heavy atom. The third-order valence-corrected chi connectivity index (χ3v) is 7.40. The highest BCUT2D eigenvalue weighted by molar-refractivity contribution is 5.88. The highest BCUT2D eigenvalue weighted by atomic mass is 16.7. The Bertz CT molecular complexity index is 1540. The minimum Gasteiger partial charge on any atom is -0.507 e. The highest BCUT2D eigenvalue weighted by Crippen LogP contribution is 2.39. The van der Waals surface area contributed by atoms with E-state index >= 15 is 0 Å². The van der Waals surface area contributed by atoms with E-state index in [1.54, 1.807) is 0 Å². The van der Waals surface area contributed by atoms with Gasteiger partial charge in [0.2, 0.25) is 17.5 Å². The molecule has 16 heteroatoms. The summed E-state index contributed by atoms with van der Waals surface area (Å²) in [7, 11) is 2.60. The van der Waals surface area contributed by atoms with E-state index in [4.69, 9.17) is 32.8 Å². The van der Waals surface area contributed by atoms with Crippen molar-refractivity contribution in [2.45, 2.75) is 55.3 Å². The SMILES string of the molecule is COc1ccc(-c2oc3cc(O[C@@H]4O[C@H](CO[C@@H]5O[C@@H](CO)[C@H](O)[C@H]5O)[C@@H](O)[C@H](O)[C@H]4O)cc(O)c3c(=O)c2OC)cc1O. The van der Waals surface area contributed by atoms with E-state index in [0.717, 1.165) is 6.07 Å². The van der Waals surface area contributed by atoms with Crippen molar-refractivity contribution in [2.24, 2.45) is 0 Å². The predicted octanol–water partition coefficient (Wildman–Crippen LogP) is -1.47. The van der Waals surface area contributed by atoms with E-state index in [0.29, 0.717) is 0 Å². The molecule has 2 aliphatic heterocycles. The van der Waals surface area contributed by atoms with E-state index in [2.05, 4.69) is 0 Å². The summed E-state index contributed by atoms with van der Waals surface area (Å²) in [6, 6.07) is 6.48. The van der Waals surface area contributed by atoms with E-state index in [-0.39, 0.29) is 45.3 Å². The van der Waals surface area contributed by atoms with Crippen LogP contribution in [0.3, 0.4) is 0 Å². The first-order valence-corrected chi connectivity index (χ1v) is 13.3. The van der Waals surface area contributed by atoms with Crippen molar-refractivity contribution in [2.75, 3.05) is 27.4 Å². The fourth-order valence-electron chi connectivity index (χ4n) is 5.01. The molecule has 0 saturated carbocycles. The Labute approximate surface area is 248 Å². The lowest BCUT2D eigenvalue weighted by Gasteiger charge is -2.40. The first-order chi connectivity index (χ1) is 21.0. The number of phenols is 2. The number of ether oxygens (including phenoxy) is 6. The molecule has 0 bridgehead atoms. The molecule has 5 rings (SSSR count). The third kappa shape index (κ3) is 5.74. The van der Waals surface area contributed by atoms with Crippen molar-refractivity contribution >= 4 is 11.0 Å². The van der Waals surface area contributed by atoms with Crippen LogP contribution in [-0.2, 0) is 14.2 Å². The topological polar surface area (TPSA) is 247 Å². The maximum Gasteiger partial charge on any atom is 0.239 e. The van der Waals surface area contributed by atoms with Crippen molar-refractivity contribution in [1.82, 2.24) is 0 Å². The predicted molar refractivity (Wildman–Crippen MR) is 145 cm³/mol. The zero-order valence-electron chi connectivity index (χ0n) is 23.3. The smallest absolute Gasteiger partial charge is 0.239 e. The molecule has 240 valence electrons. The number of aromatic hydroxyl groups is 2. The third-order valence-electron chi connectivity index (χ3n) is 7.40. The number of methoxy groups -OCH3 is 2. The monoisotopic (exact) mass is 624 g/mol. The van der Waals surface area contributed by atoms with Crippen molar-refractivity contribution in [3.05, 3.63) is 40.6 Å². The van der Waals surface area contributed by atoms with Crippen molar-refractivity contribution in [3.63, 3.8) is 0 Å². The van der Waals surface area contributed by atoms with Crippen LogP contribution in [0.1, 0.15) is 0 Å². The zero-order chi connectivity index (χ0) is 31.9. The largest absolute Gasteiger partial charge is 0.507 e. The molecule has 3 heterocycles. The Hall–Kier alpha value is -3.71. The van der Waals surface area contributed by atoms with Crippen LogP contribution in [0.25, 0.3) is 22.3 Å². The van der Waals surface area contributed by atoms with E-state index in [9.17, 15) is 45.6 Å². The molecule has 2 aliphatic rings. The van der Waals surface area contributed by atoms with E-state index in [1.165, 1.54) is 38.5 Å². The first kappa shape index (κ1) is 31.7. The Morgan fingerprint density at radius 3 is 2.11 bits per heavy atom. The Morgan fingerprint density at radius 2 is 1.48 bits per heavy atom. The molecule has 0 aliphatic carbocycles. The van der Waals surface area contributed by atoms with Crippen LogP contribution in [0.2, 0.25) is 0 Å². The summed E-state index contributed by atoms with van der Waals surface area (Å²) in [5.74, 6) is -1.17. The van der Waals surface area contributed by atoms with Crippen LogP contribution in [0.4, 0.5) is 0 Å². The quantitative estimate of drug-likeness (QED) is 0.135. The van der Waals surface area contributed by atoms with Gasteiger partial charge in [-0.05, 0) is 18.2 Å². The summed E-state index contributed by atoms with van der Waals surface area (Å²) in [5, 5.41) is 81.4. The number of hydrogen-bond donors (Lipinski definition) is 8. The van der Waals surface area contributed by atoms with Crippen LogP contribution in [-0.4, -0.2) is 124 Å². The summed E-state index contributed by atoms with van der Waals surface area (Å²) in [5.41, 5.74) is -0.672. The van der Waals surface area contributed by atoms with Gasteiger partial charge in [-0.25, -0.2) is 0 Å². The average Bonchev–Trinajstić information content (AvgIpc) is 3.28. The van der Waals surface area contributed by atoms with Gasteiger partial charge in [0.1, 0.15) is 65.2 Å². The summed E-state index contributed by atoms with van der Waals surface area (Å²) in [6.07, 6.45) is -13.7. The molecule has 2 saturated heterocycles. The average molecular weight is 625 g/mol. The second kappa shape index (κ2) is 12.7. The van der Waals surface area contributed by atoms with E-state index < -0.39 is 79.7 Å². The second-order valence-electron chi connectivity index (χ2n) is 10.2. The lowest BCUT2D eigenvalue weighted by molar-refractivity contribution is -0.290. The van der Waals surface area contributed by atoms with Gasteiger partial charge in [0, 0.05) is 17.7 Å². The molecule has 0 spiro atoms. The van der Waals surface area contributed by atoms with Crippen molar-refractivity contribution in [1.29, 1.82) is 0 Å². The molecule has 8 N–H and O–H groups in total. The fraction of sp³-hybridized carbons (Fsp3) is 0.464. The van der Waals surface area contributed by atoms with Crippen molar-refractivity contribution < 1.29 is 73.7 Å².